The lowest BCUT2D eigenvalue weighted by molar-refractivity contribution is 0.716. The standard InChI is InChI=1S/C12H17ClN2/c1-3-10-6-11(15-8(2)14-10)7-12(13)9-4-5-9/h6,9,12H,3-5,7H2,1-2H3. The molecule has 1 saturated carbocycles. The fourth-order valence-corrected chi connectivity index (χ4v) is 2.22. The fourth-order valence-electron chi connectivity index (χ4n) is 1.81. The predicted octanol–water partition coefficient (Wildman–Crippen LogP) is 2.91. The maximum atomic E-state index is 6.30. The second kappa shape index (κ2) is 4.48. The second-order valence-corrected chi connectivity index (χ2v) is 4.87. The van der Waals surface area contributed by atoms with Crippen LogP contribution in [0.2, 0.25) is 0 Å². The van der Waals surface area contributed by atoms with Crippen LogP contribution in [0, 0.1) is 12.8 Å². The van der Waals surface area contributed by atoms with Crippen LogP contribution in [0.1, 0.15) is 37.0 Å². The van der Waals surface area contributed by atoms with Gasteiger partial charge in [-0.1, -0.05) is 6.92 Å². The molecule has 2 nitrogen and oxygen atoms in total. The molecule has 15 heavy (non-hydrogen) atoms. The van der Waals surface area contributed by atoms with Gasteiger partial charge in [0.15, 0.2) is 0 Å². The van der Waals surface area contributed by atoms with E-state index in [1.165, 1.54) is 12.8 Å². The number of alkyl halides is 1. The quantitative estimate of drug-likeness (QED) is 0.735. The highest BCUT2D eigenvalue weighted by Crippen LogP contribution is 2.36. The first-order valence-corrected chi connectivity index (χ1v) is 6.10. The summed E-state index contributed by atoms with van der Waals surface area (Å²) in [4.78, 5) is 8.80. The van der Waals surface area contributed by atoms with Gasteiger partial charge in [-0.25, -0.2) is 9.97 Å². The molecule has 1 aromatic rings. The third-order valence-corrected chi connectivity index (χ3v) is 3.35. The number of nitrogens with zero attached hydrogens (tertiary/aromatic N) is 2. The third-order valence-electron chi connectivity index (χ3n) is 2.84. The van der Waals surface area contributed by atoms with E-state index in [0.29, 0.717) is 0 Å². The zero-order valence-corrected chi connectivity index (χ0v) is 10.1. The van der Waals surface area contributed by atoms with Crippen LogP contribution < -0.4 is 0 Å². The molecule has 2 rings (SSSR count). The summed E-state index contributed by atoms with van der Waals surface area (Å²) in [5, 5.41) is 0.268. The molecule has 1 fully saturated rings. The first-order chi connectivity index (χ1) is 7.19. The van der Waals surface area contributed by atoms with Crippen LogP contribution >= 0.6 is 11.6 Å². The summed E-state index contributed by atoms with van der Waals surface area (Å²) < 4.78 is 0. The summed E-state index contributed by atoms with van der Waals surface area (Å²) in [5.74, 6) is 1.59. The molecule has 0 aliphatic heterocycles. The predicted molar refractivity (Wildman–Crippen MR) is 62.2 cm³/mol. The lowest BCUT2D eigenvalue weighted by Crippen LogP contribution is -2.09. The molecule has 0 saturated heterocycles. The van der Waals surface area contributed by atoms with E-state index >= 15 is 0 Å². The molecule has 0 radical (unpaired) electrons. The van der Waals surface area contributed by atoms with E-state index in [9.17, 15) is 0 Å². The Balaban J connectivity index is 2.08. The Kier molecular flexibility index (Phi) is 3.25. The van der Waals surface area contributed by atoms with Gasteiger partial charge >= 0.3 is 0 Å². The van der Waals surface area contributed by atoms with Crippen LogP contribution in [0.3, 0.4) is 0 Å². The molecule has 0 N–H and O–H groups in total. The van der Waals surface area contributed by atoms with E-state index in [-0.39, 0.29) is 5.38 Å². The van der Waals surface area contributed by atoms with Crippen LogP contribution in [0.25, 0.3) is 0 Å². The molecule has 0 amide bonds. The molecule has 0 bridgehead atoms. The van der Waals surface area contributed by atoms with E-state index < -0.39 is 0 Å². The van der Waals surface area contributed by atoms with Gasteiger partial charge in [0.25, 0.3) is 0 Å². The molecule has 1 atom stereocenters. The van der Waals surface area contributed by atoms with Crippen LogP contribution in [0.4, 0.5) is 0 Å². The van der Waals surface area contributed by atoms with Crippen molar-refractivity contribution in [1.29, 1.82) is 0 Å². The second-order valence-electron chi connectivity index (χ2n) is 4.31. The number of aromatic nitrogens is 2. The molecule has 0 spiro atoms. The average molecular weight is 225 g/mol. The Morgan fingerprint density at radius 3 is 2.67 bits per heavy atom. The van der Waals surface area contributed by atoms with Gasteiger partial charge in [-0.15, -0.1) is 11.6 Å². The Bertz CT molecular complexity index is 347. The largest absolute Gasteiger partial charge is 0.238 e. The Hall–Kier alpha value is -0.630. The minimum Gasteiger partial charge on any atom is -0.238 e. The first kappa shape index (κ1) is 10.9. The number of hydrogen-bond donors (Lipinski definition) is 0. The maximum Gasteiger partial charge on any atom is 0.125 e. The minimum atomic E-state index is 0.268. The van der Waals surface area contributed by atoms with E-state index in [1.54, 1.807) is 0 Å². The third kappa shape index (κ3) is 2.91. The van der Waals surface area contributed by atoms with Gasteiger partial charge in [-0.2, -0.15) is 0 Å². The van der Waals surface area contributed by atoms with Crippen LogP contribution in [-0.4, -0.2) is 15.3 Å². The molecule has 3 heteroatoms. The van der Waals surface area contributed by atoms with Crippen molar-refractivity contribution in [2.45, 2.75) is 44.9 Å². The van der Waals surface area contributed by atoms with Gasteiger partial charge < -0.3 is 0 Å². The summed E-state index contributed by atoms with van der Waals surface area (Å²) in [5.41, 5.74) is 2.23. The smallest absolute Gasteiger partial charge is 0.125 e. The lowest BCUT2D eigenvalue weighted by Gasteiger charge is -2.08. The molecule has 82 valence electrons. The zero-order chi connectivity index (χ0) is 10.8. The van der Waals surface area contributed by atoms with Gasteiger partial charge in [-0.3, -0.25) is 0 Å². The molecule has 1 aromatic heterocycles. The summed E-state index contributed by atoms with van der Waals surface area (Å²) in [6, 6.07) is 2.09. The van der Waals surface area contributed by atoms with E-state index in [1.807, 2.05) is 6.92 Å². The van der Waals surface area contributed by atoms with Crippen molar-refractivity contribution < 1.29 is 0 Å². The monoisotopic (exact) mass is 224 g/mol. The normalized spacial score (nSPS) is 17.8. The fraction of sp³-hybridized carbons (Fsp3) is 0.667. The molecule has 0 aromatic carbocycles. The Morgan fingerprint density at radius 1 is 1.40 bits per heavy atom. The molecule has 1 aliphatic carbocycles. The molecule has 1 aliphatic rings. The number of halogens is 1. The zero-order valence-electron chi connectivity index (χ0n) is 9.33. The van der Waals surface area contributed by atoms with Gasteiger partial charge in [0.05, 0.1) is 0 Å². The molecule has 1 heterocycles. The Labute approximate surface area is 96.1 Å². The van der Waals surface area contributed by atoms with Gasteiger partial charge in [0.2, 0.25) is 0 Å². The molecular formula is C12H17ClN2. The summed E-state index contributed by atoms with van der Waals surface area (Å²) in [7, 11) is 0. The van der Waals surface area contributed by atoms with E-state index in [2.05, 4.69) is 23.0 Å². The van der Waals surface area contributed by atoms with E-state index in [0.717, 1.165) is 36.0 Å². The highest BCUT2D eigenvalue weighted by atomic mass is 35.5. The molecular weight excluding hydrogens is 208 g/mol. The van der Waals surface area contributed by atoms with Crippen LogP contribution in [0.15, 0.2) is 6.07 Å². The minimum absolute atomic E-state index is 0.268. The van der Waals surface area contributed by atoms with Crippen molar-refractivity contribution in [1.82, 2.24) is 9.97 Å². The van der Waals surface area contributed by atoms with Crippen molar-refractivity contribution >= 4 is 11.6 Å². The van der Waals surface area contributed by atoms with Crippen molar-refractivity contribution in [2.24, 2.45) is 5.92 Å². The summed E-state index contributed by atoms with van der Waals surface area (Å²) in [6.07, 6.45) is 4.44. The topological polar surface area (TPSA) is 25.8 Å². The van der Waals surface area contributed by atoms with Gasteiger partial charge in [-0.05, 0) is 38.2 Å². The summed E-state index contributed by atoms with van der Waals surface area (Å²) >= 11 is 6.30. The van der Waals surface area contributed by atoms with Gasteiger partial charge in [0.1, 0.15) is 5.82 Å². The number of hydrogen-bond acceptors (Lipinski definition) is 2. The maximum absolute atomic E-state index is 6.30. The molecule has 1 unspecified atom stereocenters. The van der Waals surface area contributed by atoms with Crippen LogP contribution in [0.5, 0.6) is 0 Å². The van der Waals surface area contributed by atoms with Crippen molar-refractivity contribution in [2.75, 3.05) is 0 Å². The lowest BCUT2D eigenvalue weighted by atomic mass is 10.1. The first-order valence-electron chi connectivity index (χ1n) is 5.66. The number of rotatable bonds is 4. The highest BCUT2D eigenvalue weighted by molar-refractivity contribution is 6.21. The van der Waals surface area contributed by atoms with Crippen molar-refractivity contribution in [3.8, 4) is 0 Å². The number of aryl methyl sites for hydroxylation is 2. The Morgan fingerprint density at radius 2 is 2.07 bits per heavy atom. The average Bonchev–Trinajstić information content (AvgIpc) is 2.99. The highest BCUT2D eigenvalue weighted by Gasteiger charge is 2.29. The summed E-state index contributed by atoms with van der Waals surface area (Å²) in [6.45, 7) is 4.06. The SMILES string of the molecule is CCc1cc(CC(Cl)C2CC2)nc(C)n1. The van der Waals surface area contributed by atoms with Gasteiger partial charge in [0, 0.05) is 23.2 Å². The van der Waals surface area contributed by atoms with E-state index in [4.69, 9.17) is 11.6 Å². The van der Waals surface area contributed by atoms with Crippen LogP contribution in [-0.2, 0) is 12.8 Å². The van der Waals surface area contributed by atoms with Crippen molar-refractivity contribution in [3.63, 3.8) is 0 Å². The van der Waals surface area contributed by atoms with Crippen molar-refractivity contribution in [3.05, 3.63) is 23.3 Å².